The van der Waals surface area contributed by atoms with Gasteiger partial charge in [-0.05, 0) is 48.4 Å². The van der Waals surface area contributed by atoms with Crippen LogP contribution in [0.3, 0.4) is 0 Å². The minimum Gasteiger partial charge on any atom is -0.379 e. The van der Waals surface area contributed by atoms with Crippen molar-refractivity contribution in [3.63, 3.8) is 0 Å². The van der Waals surface area contributed by atoms with Crippen molar-refractivity contribution in [3.8, 4) is 0 Å². The van der Waals surface area contributed by atoms with Gasteiger partial charge in [0.15, 0.2) is 0 Å². The first-order chi connectivity index (χ1) is 16.5. The highest BCUT2D eigenvalue weighted by molar-refractivity contribution is 6.03. The first-order valence-electron chi connectivity index (χ1n) is 11.9. The molecule has 2 N–H and O–H groups in total. The van der Waals surface area contributed by atoms with Crippen molar-refractivity contribution >= 4 is 34.8 Å². The zero-order valence-electron chi connectivity index (χ0n) is 19.6. The Morgan fingerprint density at radius 1 is 0.971 bits per heavy atom. The fraction of sp³-hybridized carbons (Fsp3) is 0.423. The normalized spacial score (nSPS) is 18.7. The summed E-state index contributed by atoms with van der Waals surface area (Å²) in [5.74, 6) is -0.703. The third-order valence-electron chi connectivity index (χ3n) is 6.19. The molecular formula is C26H32N4O4. The lowest BCUT2D eigenvalue weighted by Gasteiger charge is -2.25. The second-order valence-corrected chi connectivity index (χ2v) is 8.83. The summed E-state index contributed by atoms with van der Waals surface area (Å²) in [7, 11) is 0. The average Bonchev–Trinajstić information content (AvgIpc) is 3.23. The lowest BCUT2D eigenvalue weighted by Crippen LogP contribution is -2.41. The van der Waals surface area contributed by atoms with E-state index in [1.807, 2.05) is 24.3 Å². The molecule has 2 saturated heterocycles. The molecule has 2 aromatic carbocycles. The van der Waals surface area contributed by atoms with Gasteiger partial charge in [-0.2, -0.15) is 0 Å². The molecule has 4 rings (SSSR count). The maximum Gasteiger partial charge on any atom is 0.238 e. The van der Waals surface area contributed by atoms with E-state index in [1.165, 1.54) is 5.56 Å². The van der Waals surface area contributed by atoms with Crippen LogP contribution >= 0.6 is 0 Å². The van der Waals surface area contributed by atoms with Crippen LogP contribution < -0.4 is 15.5 Å². The van der Waals surface area contributed by atoms with Crippen molar-refractivity contribution < 1.29 is 19.1 Å². The number of rotatable bonds is 8. The molecule has 8 nitrogen and oxygen atoms in total. The Balaban J connectivity index is 1.27. The molecule has 0 aromatic heterocycles. The lowest BCUT2D eigenvalue weighted by atomic mass is 10.1. The molecule has 0 aliphatic carbocycles. The molecule has 1 atom stereocenters. The highest BCUT2D eigenvalue weighted by Gasteiger charge is 2.35. The summed E-state index contributed by atoms with van der Waals surface area (Å²) in [6, 6.07) is 15.0. The van der Waals surface area contributed by atoms with E-state index in [0.717, 1.165) is 31.6 Å². The van der Waals surface area contributed by atoms with Gasteiger partial charge >= 0.3 is 0 Å². The lowest BCUT2D eigenvalue weighted by molar-refractivity contribution is -0.122. The quantitative estimate of drug-likeness (QED) is 0.627. The highest BCUT2D eigenvalue weighted by atomic mass is 16.5. The zero-order chi connectivity index (χ0) is 23.9. The van der Waals surface area contributed by atoms with E-state index in [9.17, 15) is 14.4 Å². The maximum atomic E-state index is 12.8. The summed E-state index contributed by atoms with van der Waals surface area (Å²) >= 11 is 0. The van der Waals surface area contributed by atoms with E-state index in [2.05, 4.69) is 22.5 Å². The number of aryl methyl sites for hydroxylation is 1. The van der Waals surface area contributed by atoms with Gasteiger partial charge in [0.05, 0.1) is 25.7 Å². The van der Waals surface area contributed by atoms with Gasteiger partial charge in [0.1, 0.15) is 0 Å². The van der Waals surface area contributed by atoms with E-state index in [1.54, 1.807) is 29.2 Å². The molecule has 0 saturated carbocycles. The highest BCUT2D eigenvalue weighted by Crippen LogP contribution is 2.27. The number of nitrogens with zero attached hydrogens (tertiary/aromatic N) is 2. The molecule has 2 aliphatic rings. The molecular weight excluding hydrogens is 432 g/mol. The average molecular weight is 465 g/mol. The number of ether oxygens (including phenoxy) is 1. The van der Waals surface area contributed by atoms with Crippen LogP contribution in [0.2, 0.25) is 0 Å². The Bertz CT molecular complexity index is 1000. The van der Waals surface area contributed by atoms with Gasteiger partial charge in [0.25, 0.3) is 0 Å². The predicted octanol–water partition coefficient (Wildman–Crippen LogP) is 2.90. The first kappa shape index (κ1) is 23.9. The summed E-state index contributed by atoms with van der Waals surface area (Å²) in [6.07, 6.45) is 2.28. The van der Waals surface area contributed by atoms with E-state index in [4.69, 9.17) is 4.74 Å². The van der Waals surface area contributed by atoms with Gasteiger partial charge in [-0.25, -0.2) is 0 Å². The van der Waals surface area contributed by atoms with Crippen molar-refractivity contribution in [2.45, 2.75) is 26.2 Å². The van der Waals surface area contributed by atoms with Crippen LogP contribution in [0, 0.1) is 5.92 Å². The molecule has 180 valence electrons. The van der Waals surface area contributed by atoms with Crippen molar-refractivity contribution in [2.75, 3.05) is 54.9 Å². The smallest absolute Gasteiger partial charge is 0.238 e. The summed E-state index contributed by atoms with van der Waals surface area (Å²) in [4.78, 5) is 41.3. The number of anilines is 3. The van der Waals surface area contributed by atoms with Crippen LogP contribution in [0.15, 0.2) is 48.5 Å². The van der Waals surface area contributed by atoms with Crippen LogP contribution in [0.1, 0.15) is 25.3 Å². The third-order valence-corrected chi connectivity index (χ3v) is 6.19. The molecule has 8 heteroatoms. The molecule has 34 heavy (non-hydrogen) atoms. The van der Waals surface area contributed by atoms with E-state index in [0.29, 0.717) is 37.7 Å². The van der Waals surface area contributed by atoms with Crippen LogP contribution in [-0.2, 0) is 25.5 Å². The van der Waals surface area contributed by atoms with Crippen LogP contribution in [0.25, 0.3) is 0 Å². The fourth-order valence-corrected chi connectivity index (χ4v) is 4.31. The molecule has 1 unspecified atom stereocenters. The van der Waals surface area contributed by atoms with Gasteiger partial charge < -0.3 is 20.3 Å². The van der Waals surface area contributed by atoms with E-state index in [-0.39, 0.29) is 24.1 Å². The molecule has 2 aliphatic heterocycles. The number of carbonyl (C=O) groups excluding carboxylic acids is 3. The van der Waals surface area contributed by atoms with Crippen LogP contribution in [0.5, 0.6) is 0 Å². The third kappa shape index (κ3) is 6.21. The number of benzene rings is 2. The van der Waals surface area contributed by atoms with Gasteiger partial charge in [0.2, 0.25) is 17.7 Å². The number of morpholine rings is 1. The molecule has 2 fully saturated rings. The molecule has 0 spiro atoms. The second-order valence-electron chi connectivity index (χ2n) is 8.83. The summed E-state index contributed by atoms with van der Waals surface area (Å²) in [6.45, 7) is 5.64. The largest absolute Gasteiger partial charge is 0.379 e. The Morgan fingerprint density at radius 2 is 1.62 bits per heavy atom. The SMILES string of the molecule is CCCc1ccc(N2CC(C(=O)Nc3ccc(NC(=O)CN4CCOCC4)cc3)CC2=O)cc1. The van der Waals surface area contributed by atoms with Gasteiger partial charge in [-0.1, -0.05) is 25.5 Å². The van der Waals surface area contributed by atoms with Crippen molar-refractivity contribution in [1.29, 1.82) is 0 Å². The number of hydrogen-bond acceptors (Lipinski definition) is 5. The number of amides is 3. The van der Waals surface area contributed by atoms with Gasteiger partial charge in [-0.15, -0.1) is 0 Å². The molecule has 0 bridgehead atoms. The van der Waals surface area contributed by atoms with Gasteiger partial charge in [0, 0.05) is 43.1 Å². The second kappa shape index (κ2) is 11.3. The zero-order valence-corrected chi connectivity index (χ0v) is 19.6. The number of hydrogen-bond donors (Lipinski definition) is 2. The fourth-order valence-electron chi connectivity index (χ4n) is 4.31. The predicted molar refractivity (Wildman–Crippen MR) is 132 cm³/mol. The van der Waals surface area contributed by atoms with Crippen LogP contribution in [-0.4, -0.2) is 62.0 Å². The van der Waals surface area contributed by atoms with E-state index < -0.39 is 5.92 Å². The van der Waals surface area contributed by atoms with Crippen LogP contribution in [0.4, 0.5) is 17.1 Å². The Hall–Kier alpha value is -3.23. The van der Waals surface area contributed by atoms with E-state index >= 15 is 0 Å². The maximum absolute atomic E-state index is 12.8. The summed E-state index contributed by atoms with van der Waals surface area (Å²) < 4.78 is 5.30. The first-order valence-corrected chi connectivity index (χ1v) is 11.9. The number of carbonyl (C=O) groups is 3. The minimum absolute atomic E-state index is 0.0401. The minimum atomic E-state index is -0.407. The van der Waals surface area contributed by atoms with Crippen molar-refractivity contribution in [1.82, 2.24) is 4.90 Å². The Morgan fingerprint density at radius 3 is 2.26 bits per heavy atom. The van der Waals surface area contributed by atoms with Crippen molar-refractivity contribution in [3.05, 3.63) is 54.1 Å². The Kier molecular flexibility index (Phi) is 7.92. The number of nitrogens with one attached hydrogen (secondary N) is 2. The molecule has 0 radical (unpaired) electrons. The monoisotopic (exact) mass is 464 g/mol. The topological polar surface area (TPSA) is 91.0 Å². The summed E-state index contributed by atoms with van der Waals surface area (Å²) in [5.41, 5.74) is 3.38. The van der Waals surface area contributed by atoms with Crippen molar-refractivity contribution in [2.24, 2.45) is 5.92 Å². The molecule has 2 aromatic rings. The molecule has 2 heterocycles. The molecule has 3 amide bonds. The Labute approximate surface area is 200 Å². The summed E-state index contributed by atoms with van der Waals surface area (Å²) in [5, 5.41) is 5.78. The standard InChI is InChI=1S/C26H32N4O4/c1-2-3-19-4-10-23(11-5-19)30-17-20(16-25(30)32)26(33)28-22-8-6-21(7-9-22)27-24(31)18-29-12-14-34-15-13-29/h4-11,20H,2-3,12-18H2,1H3,(H,27,31)(H,28,33). The van der Waals surface area contributed by atoms with Gasteiger partial charge in [-0.3, -0.25) is 19.3 Å².